The van der Waals surface area contributed by atoms with Gasteiger partial charge in [-0.15, -0.1) is 0 Å². The van der Waals surface area contributed by atoms with Crippen molar-refractivity contribution >= 4 is 15.9 Å². The predicted molar refractivity (Wildman–Crippen MR) is 101 cm³/mol. The Balaban J connectivity index is 1.61. The van der Waals surface area contributed by atoms with E-state index in [0.29, 0.717) is 32.6 Å². The van der Waals surface area contributed by atoms with E-state index < -0.39 is 10.0 Å². The molecule has 6 heteroatoms. The summed E-state index contributed by atoms with van der Waals surface area (Å²) in [6.45, 7) is 2.06. The molecule has 1 spiro atoms. The first-order valence-electron chi connectivity index (χ1n) is 9.69. The number of hydrogen-bond donors (Lipinski definition) is 0. The lowest BCUT2D eigenvalue weighted by Gasteiger charge is -2.30. The second-order valence-electron chi connectivity index (χ2n) is 8.24. The van der Waals surface area contributed by atoms with Gasteiger partial charge in [0, 0.05) is 26.2 Å². The Morgan fingerprint density at radius 3 is 2.31 bits per heavy atom. The van der Waals surface area contributed by atoms with Gasteiger partial charge in [0.05, 0.1) is 11.7 Å². The van der Waals surface area contributed by atoms with E-state index in [1.165, 1.54) is 23.4 Å². The summed E-state index contributed by atoms with van der Waals surface area (Å²) in [6, 6.07) is 10.3. The maximum Gasteiger partial charge on any atom is 0.233 e. The second-order valence-corrected chi connectivity index (χ2v) is 10.2. The van der Waals surface area contributed by atoms with E-state index in [0.717, 1.165) is 24.8 Å². The van der Waals surface area contributed by atoms with Gasteiger partial charge in [-0.2, -0.15) is 0 Å². The molecule has 2 saturated carbocycles. The topological polar surface area (TPSA) is 57.7 Å². The fourth-order valence-corrected chi connectivity index (χ4v) is 6.25. The lowest BCUT2D eigenvalue weighted by atomic mass is 9.83. The van der Waals surface area contributed by atoms with Crippen molar-refractivity contribution < 1.29 is 13.2 Å². The van der Waals surface area contributed by atoms with Crippen LogP contribution in [0.4, 0.5) is 0 Å². The van der Waals surface area contributed by atoms with Gasteiger partial charge in [0.15, 0.2) is 0 Å². The number of rotatable bonds is 3. The number of sulfonamides is 1. The molecular weight excluding hydrogens is 348 g/mol. The van der Waals surface area contributed by atoms with Crippen molar-refractivity contribution in [2.45, 2.75) is 43.9 Å². The van der Waals surface area contributed by atoms with Crippen LogP contribution >= 0.6 is 0 Å². The Morgan fingerprint density at radius 1 is 0.962 bits per heavy atom. The molecule has 1 aliphatic heterocycles. The molecule has 4 rings (SSSR count). The monoisotopic (exact) mass is 376 g/mol. The van der Waals surface area contributed by atoms with Crippen molar-refractivity contribution in [1.82, 2.24) is 9.21 Å². The molecule has 0 N–H and O–H groups in total. The van der Waals surface area contributed by atoms with Crippen molar-refractivity contribution in [2.75, 3.05) is 32.4 Å². The molecule has 0 bridgehead atoms. The van der Waals surface area contributed by atoms with Gasteiger partial charge in [-0.3, -0.25) is 4.79 Å². The second kappa shape index (κ2) is 6.34. The fourth-order valence-electron chi connectivity index (χ4n) is 5.37. The molecule has 1 saturated heterocycles. The van der Waals surface area contributed by atoms with E-state index in [2.05, 4.69) is 12.1 Å². The van der Waals surface area contributed by atoms with Crippen LogP contribution in [0.2, 0.25) is 0 Å². The molecule has 1 amide bonds. The zero-order chi connectivity index (χ0) is 18.4. The third-order valence-corrected chi connectivity index (χ3v) is 8.09. The van der Waals surface area contributed by atoms with Crippen LogP contribution in [-0.4, -0.2) is 56.0 Å². The van der Waals surface area contributed by atoms with Crippen molar-refractivity contribution in [3.63, 3.8) is 0 Å². The highest BCUT2D eigenvalue weighted by molar-refractivity contribution is 7.88. The maximum atomic E-state index is 13.7. The standard InChI is InChI=1S/C20H28N2O3S/c1-26(24,25)22-13-7-12-21(14-15-22)18(23)20(17-8-3-2-4-9-17)16-19(20)10-5-6-11-19/h2-4,8-9H,5-7,10-16H2,1H3. The highest BCUT2D eigenvalue weighted by Crippen LogP contribution is 2.72. The number of hydrogen-bond acceptors (Lipinski definition) is 3. The summed E-state index contributed by atoms with van der Waals surface area (Å²) in [6.07, 6.45) is 7.61. The summed E-state index contributed by atoms with van der Waals surface area (Å²) in [5, 5.41) is 0. The van der Waals surface area contributed by atoms with Crippen LogP contribution in [-0.2, 0) is 20.2 Å². The van der Waals surface area contributed by atoms with Crippen LogP contribution in [0.5, 0.6) is 0 Å². The summed E-state index contributed by atoms with van der Waals surface area (Å²) in [7, 11) is -3.20. The molecule has 5 nitrogen and oxygen atoms in total. The zero-order valence-electron chi connectivity index (χ0n) is 15.5. The molecular formula is C20H28N2O3S. The molecule has 0 radical (unpaired) electrons. The van der Waals surface area contributed by atoms with Gasteiger partial charge in [0.2, 0.25) is 15.9 Å². The van der Waals surface area contributed by atoms with Gasteiger partial charge in [-0.1, -0.05) is 43.2 Å². The molecule has 3 aliphatic rings. The molecule has 3 fully saturated rings. The molecule has 1 aromatic carbocycles. The maximum absolute atomic E-state index is 13.7. The van der Waals surface area contributed by atoms with E-state index in [1.54, 1.807) is 0 Å². The minimum absolute atomic E-state index is 0.133. The highest BCUT2D eigenvalue weighted by Gasteiger charge is 2.73. The number of carbonyl (C=O) groups is 1. The normalized spacial score (nSPS) is 28.9. The largest absolute Gasteiger partial charge is 0.341 e. The highest BCUT2D eigenvalue weighted by atomic mass is 32.2. The Kier molecular flexibility index (Phi) is 4.39. The minimum atomic E-state index is -3.20. The van der Waals surface area contributed by atoms with E-state index in [1.807, 2.05) is 23.1 Å². The molecule has 1 aromatic rings. The summed E-state index contributed by atoms with van der Waals surface area (Å²) >= 11 is 0. The van der Waals surface area contributed by atoms with Crippen molar-refractivity contribution in [2.24, 2.45) is 5.41 Å². The zero-order valence-corrected chi connectivity index (χ0v) is 16.3. The molecule has 0 aromatic heterocycles. The Hall–Kier alpha value is -1.40. The van der Waals surface area contributed by atoms with Crippen LogP contribution < -0.4 is 0 Å². The first kappa shape index (κ1) is 18.0. The van der Waals surface area contributed by atoms with Crippen LogP contribution in [0.1, 0.15) is 44.1 Å². The number of carbonyl (C=O) groups excluding carboxylic acids is 1. The van der Waals surface area contributed by atoms with Crippen LogP contribution in [0.3, 0.4) is 0 Å². The molecule has 1 unspecified atom stereocenters. The van der Waals surface area contributed by atoms with E-state index in [4.69, 9.17) is 0 Å². The van der Waals surface area contributed by atoms with Crippen molar-refractivity contribution in [3.8, 4) is 0 Å². The quantitative estimate of drug-likeness (QED) is 0.814. The minimum Gasteiger partial charge on any atom is -0.341 e. The summed E-state index contributed by atoms with van der Waals surface area (Å²) in [4.78, 5) is 15.6. The van der Waals surface area contributed by atoms with Crippen molar-refractivity contribution in [1.29, 1.82) is 0 Å². The lowest BCUT2D eigenvalue weighted by Crippen LogP contribution is -2.44. The Morgan fingerprint density at radius 2 is 1.65 bits per heavy atom. The Bertz CT molecular complexity index is 787. The van der Waals surface area contributed by atoms with Gasteiger partial charge in [0.1, 0.15) is 0 Å². The van der Waals surface area contributed by atoms with Gasteiger partial charge in [-0.25, -0.2) is 12.7 Å². The number of nitrogens with zero attached hydrogens (tertiary/aromatic N) is 2. The van der Waals surface area contributed by atoms with Gasteiger partial charge < -0.3 is 4.90 Å². The smallest absolute Gasteiger partial charge is 0.233 e. The third-order valence-electron chi connectivity index (χ3n) is 6.79. The van der Waals surface area contributed by atoms with Crippen LogP contribution in [0.15, 0.2) is 30.3 Å². The summed E-state index contributed by atoms with van der Waals surface area (Å²) in [5.74, 6) is 0.223. The number of amides is 1. The van der Waals surface area contributed by atoms with E-state index in [9.17, 15) is 13.2 Å². The lowest BCUT2D eigenvalue weighted by molar-refractivity contribution is -0.135. The van der Waals surface area contributed by atoms with Crippen LogP contribution in [0.25, 0.3) is 0 Å². The molecule has 26 heavy (non-hydrogen) atoms. The Labute approximate surface area is 156 Å². The van der Waals surface area contributed by atoms with Gasteiger partial charge in [0.25, 0.3) is 0 Å². The molecule has 1 atom stereocenters. The first-order valence-corrected chi connectivity index (χ1v) is 11.5. The predicted octanol–water partition coefficient (Wildman–Crippen LogP) is 2.38. The van der Waals surface area contributed by atoms with Crippen LogP contribution in [0, 0.1) is 5.41 Å². The third kappa shape index (κ3) is 2.78. The van der Waals surface area contributed by atoms with Crippen molar-refractivity contribution in [3.05, 3.63) is 35.9 Å². The van der Waals surface area contributed by atoms with Gasteiger partial charge >= 0.3 is 0 Å². The fraction of sp³-hybridized carbons (Fsp3) is 0.650. The van der Waals surface area contributed by atoms with Gasteiger partial charge in [-0.05, 0) is 36.7 Å². The summed E-state index contributed by atoms with van der Waals surface area (Å²) < 4.78 is 25.3. The first-order chi connectivity index (χ1) is 12.4. The number of benzene rings is 1. The van der Waals surface area contributed by atoms with E-state index >= 15 is 0 Å². The molecule has 2 aliphatic carbocycles. The average Bonchev–Trinajstić information content (AvgIpc) is 3.16. The van der Waals surface area contributed by atoms with E-state index in [-0.39, 0.29) is 16.7 Å². The summed E-state index contributed by atoms with van der Waals surface area (Å²) in [5.41, 5.74) is 0.898. The average molecular weight is 377 g/mol. The SMILES string of the molecule is CS(=O)(=O)N1CCCN(C(=O)C2(c3ccccc3)CC23CCCC3)CC1. The molecule has 142 valence electrons. The molecule has 1 heterocycles.